The van der Waals surface area contributed by atoms with Crippen LogP contribution in [0.5, 0.6) is 5.75 Å². The summed E-state index contributed by atoms with van der Waals surface area (Å²) in [5.74, 6) is -59.6. The second-order valence-corrected chi connectivity index (χ2v) is 21.2. The lowest BCUT2D eigenvalue weighted by Gasteiger charge is -2.44. The maximum absolute atomic E-state index is 15.0. The zero-order valence-electron chi connectivity index (χ0n) is 37.3. The molecule has 0 unspecified atom stereocenters. The SMILES string of the molecule is CCOC(=O)/C=C(C)/C=C(\C)C[C@@H](OC(=O)Nc1ccc(F)cc1F)c1ccc(OCCO[Si](CCC(F)(F)C(F)(F)C(F)(F)C(F)(F)C(F)(F)C(F)(F)C(F)(F)C(F)(F)F)(C(C)C)C(C)C)cc1. The highest BCUT2D eigenvalue weighted by molar-refractivity contribution is 6.76. The summed E-state index contributed by atoms with van der Waals surface area (Å²) in [4.78, 5) is 24.7. The molecule has 0 aliphatic carbocycles. The Morgan fingerprint density at radius 2 is 1.19 bits per heavy atom. The standard InChI is InChI=1S/C42H46F19NO6Si/c1-8-65-33(63)21-26(7)19-25(6)20-32(68-34(64)62-31-14-11-28(43)22-30(31)44)27-9-12-29(13-10-27)66-16-17-67-69(23(2)3,24(4)5)18-15-35(45,46)36(47,48)37(49,50)38(51,52)39(53,54)40(55,56)41(57,58)42(59,60)61/h9-14,19,21-24,32H,8,15-18,20H2,1-7H3,(H,62,64)/b25-19+,26-21+/t32-/m1/s1. The molecule has 69 heavy (non-hydrogen) atoms. The van der Waals surface area contributed by atoms with Gasteiger partial charge in [-0.3, -0.25) is 5.32 Å². The zero-order valence-corrected chi connectivity index (χ0v) is 38.3. The van der Waals surface area contributed by atoms with E-state index in [1.165, 1.54) is 58.0 Å². The highest BCUT2D eigenvalue weighted by Crippen LogP contribution is 2.64. The largest absolute Gasteiger partial charge is 0.491 e. The summed E-state index contributed by atoms with van der Waals surface area (Å²) in [5.41, 5.74) is -0.995. The van der Waals surface area contributed by atoms with E-state index >= 15 is 8.78 Å². The Balaban J connectivity index is 2.34. The normalized spacial score (nSPS) is 14.8. The van der Waals surface area contributed by atoms with Crippen LogP contribution < -0.4 is 10.1 Å². The number of carbonyl (C=O) groups excluding carboxylic acids is 2. The first kappa shape index (κ1) is 60.4. The van der Waals surface area contributed by atoms with Gasteiger partial charge >= 0.3 is 59.7 Å². The number of nitrogens with one attached hydrogen (secondary N) is 1. The van der Waals surface area contributed by atoms with Crippen LogP contribution in [0.3, 0.4) is 0 Å². The molecular weight excluding hydrogens is 1000 g/mol. The molecule has 2 rings (SSSR count). The van der Waals surface area contributed by atoms with Crippen LogP contribution in [0.2, 0.25) is 17.1 Å². The van der Waals surface area contributed by atoms with Crippen LogP contribution in [0, 0.1) is 11.6 Å². The van der Waals surface area contributed by atoms with Crippen LogP contribution in [-0.4, -0.2) is 87.8 Å². The second-order valence-electron chi connectivity index (χ2n) is 16.2. The fourth-order valence-electron chi connectivity index (χ4n) is 6.76. The average molecular weight is 1050 g/mol. The number of halogens is 19. The van der Waals surface area contributed by atoms with Crippen molar-refractivity contribution in [1.29, 1.82) is 0 Å². The summed E-state index contributed by atoms with van der Waals surface area (Å²) in [6, 6.07) is 6.38. The zero-order chi connectivity index (χ0) is 53.6. The first-order valence-electron chi connectivity index (χ1n) is 20.2. The number of alkyl halides is 17. The Morgan fingerprint density at radius 1 is 0.681 bits per heavy atom. The minimum Gasteiger partial charge on any atom is -0.491 e. The van der Waals surface area contributed by atoms with E-state index in [1.807, 2.05) is 0 Å². The van der Waals surface area contributed by atoms with Gasteiger partial charge in [0.25, 0.3) is 0 Å². The number of allylic oxidation sites excluding steroid dienone is 2. The lowest BCUT2D eigenvalue weighted by atomic mass is 9.88. The number of amides is 1. The molecule has 2 aromatic rings. The van der Waals surface area contributed by atoms with Gasteiger partial charge in [-0.25, -0.2) is 18.4 Å². The topological polar surface area (TPSA) is 83.1 Å². The van der Waals surface area contributed by atoms with Crippen LogP contribution in [-0.2, 0) is 18.7 Å². The highest BCUT2D eigenvalue weighted by Gasteiger charge is 2.95. The Kier molecular flexibility index (Phi) is 19.4. The van der Waals surface area contributed by atoms with Gasteiger partial charge < -0.3 is 18.6 Å². The summed E-state index contributed by atoms with van der Waals surface area (Å²) in [5, 5.41) is 2.14. The van der Waals surface area contributed by atoms with Gasteiger partial charge in [0.2, 0.25) is 0 Å². The van der Waals surface area contributed by atoms with E-state index in [2.05, 4.69) is 5.32 Å². The molecular formula is C42H46F19NO6Si. The Bertz CT molecular complexity index is 2120. The highest BCUT2D eigenvalue weighted by atomic mass is 28.4. The molecule has 0 saturated carbocycles. The third-order valence-electron chi connectivity index (χ3n) is 10.6. The molecule has 0 aliphatic heterocycles. The van der Waals surface area contributed by atoms with Crippen LogP contribution >= 0.6 is 0 Å². The van der Waals surface area contributed by atoms with Crippen molar-refractivity contribution in [2.24, 2.45) is 0 Å². The van der Waals surface area contributed by atoms with Crippen molar-refractivity contribution < 1.29 is 112 Å². The van der Waals surface area contributed by atoms with E-state index in [9.17, 15) is 84.2 Å². The van der Waals surface area contributed by atoms with Gasteiger partial charge in [0.1, 0.15) is 30.1 Å². The van der Waals surface area contributed by atoms with Crippen molar-refractivity contribution in [3.63, 3.8) is 0 Å². The smallest absolute Gasteiger partial charge is 0.460 e. The molecule has 27 heteroatoms. The minimum atomic E-state index is -8.72. The van der Waals surface area contributed by atoms with Crippen LogP contribution in [0.4, 0.5) is 93.9 Å². The number of rotatable bonds is 24. The first-order valence-corrected chi connectivity index (χ1v) is 22.5. The molecule has 7 nitrogen and oxygen atoms in total. The molecule has 0 heterocycles. The first-order chi connectivity index (χ1) is 31.2. The van der Waals surface area contributed by atoms with Crippen LogP contribution in [0.15, 0.2) is 65.8 Å². The van der Waals surface area contributed by atoms with E-state index in [4.69, 9.17) is 18.6 Å². The molecule has 0 fully saturated rings. The van der Waals surface area contributed by atoms with Crippen molar-refractivity contribution in [1.82, 2.24) is 0 Å². The van der Waals surface area contributed by atoms with Crippen LogP contribution in [0.1, 0.15) is 73.0 Å². The van der Waals surface area contributed by atoms with Crippen molar-refractivity contribution in [2.75, 3.05) is 25.1 Å². The second kappa shape index (κ2) is 22.2. The van der Waals surface area contributed by atoms with E-state index in [-0.39, 0.29) is 24.3 Å². The maximum atomic E-state index is 15.0. The summed E-state index contributed by atoms with van der Waals surface area (Å²) >= 11 is 0. The summed E-state index contributed by atoms with van der Waals surface area (Å²) in [6.07, 6.45) is -10.0. The monoisotopic (exact) mass is 1050 g/mol. The molecule has 392 valence electrons. The van der Waals surface area contributed by atoms with Gasteiger partial charge in [-0.1, -0.05) is 51.5 Å². The summed E-state index contributed by atoms with van der Waals surface area (Å²) < 4.78 is 286. The van der Waals surface area contributed by atoms with E-state index in [0.29, 0.717) is 17.2 Å². The third-order valence-corrected chi connectivity index (χ3v) is 16.3. The third kappa shape index (κ3) is 13.0. The van der Waals surface area contributed by atoms with E-state index < -0.39 is 128 Å². The van der Waals surface area contributed by atoms with Crippen molar-refractivity contribution >= 4 is 26.1 Å². The Morgan fingerprint density at radius 3 is 1.67 bits per heavy atom. The molecule has 0 spiro atoms. The molecule has 0 aliphatic rings. The number of benzene rings is 2. The van der Waals surface area contributed by atoms with E-state index in [0.717, 1.165) is 12.1 Å². The summed E-state index contributed by atoms with van der Waals surface area (Å²) in [7, 11) is -4.06. The molecule has 1 atom stereocenters. The average Bonchev–Trinajstić information content (AvgIpc) is 3.20. The molecule has 1 N–H and O–H groups in total. The number of carbonyl (C=O) groups is 2. The van der Waals surface area contributed by atoms with Gasteiger partial charge in [0.05, 0.1) is 18.9 Å². The maximum Gasteiger partial charge on any atom is 0.460 e. The molecule has 0 radical (unpaired) electrons. The quantitative estimate of drug-likeness (QED) is 0.0282. The number of esters is 1. The van der Waals surface area contributed by atoms with E-state index in [1.54, 1.807) is 26.8 Å². The Labute approximate surface area is 383 Å². The number of ether oxygens (including phenoxy) is 3. The lowest BCUT2D eigenvalue weighted by molar-refractivity contribution is -0.461. The van der Waals surface area contributed by atoms with Gasteiger partial charge in [0, 0.05) is 25.0 Å². The number of hydrogen-bond donors (Lipinski definition) is 1. The lowest BCUT2D eigenvalue weighted by Crippen LogP contribution is -2.74. The molecule has 0 saturated heterocycles. The number of hydrogen-bond acceptors (Lipinski definition) is 6. The predicted octanol–water partition coefficient (Wildman–Crippen LogP) is 14.7. The van der Waals surface area contributed by atoms with Gasteiger partial charge in [-0.15, -0.1) is 0 Å². The minimum absolute atomic E-state index is 0.0349. The van der Waals surface area contributed by atoms with Gasteiger partial charge in [0.15, 0.2) is 8.32 Å². The summed E-state index contributed by atoms with van der Waals surface area (Å²) in [6.45, 7) is 9.00. The molecule has 0 aromatic heterocycles. The molecule has 2 aromatic carbocycles. The molecule has 1 amide bonds. The number of anilines is 1. The van der Waals surface area contributed by atoms with Gasteiger partial charge in [-0.2, -0.15) is 74.6 Å². The Hall–Kier alpha value is -4.69. The van der Waals surface area contributed by atoms with Crippen molar-refractivity contribution in [2.45, 2.75) is 132 Å². The van der Waals surface area contributed by atoms with Crippen molar-refractivity contribution in [3.05, 3.63) is 83.0 Å². The predicted molar refractivity (Wildman–Crippen MR) is 212 cm³/mol. The fourth-order valence-corrected chi connectivity index (χ4v) is 11.2. The van der Waals surface area contributed by atoms with Crippen molar-refractivity contribution in [3.8, 4) is 5.75 Å². The van der Waals surface area contributed by atoms with Crippen LogP contribution in [0.25, 0.3) is 0 Å². The van der Waals surface area contributed by atoms with Gasteiger partial charge in [-0.05, 0) is 73.3 Å². The fraction of sp³-hybridized carbons (Fsp3) is 0.571. The molecule has 0 bridgehead atoms.